The number of pyridine rings is 1. The molecule has 0 aliphatic carbocycles. The van der Waals surface area contributed by atoms with Gasteiger partial charge in [-0.1, -0.05) is 47.6 Å². The highest BCUT2D eigenvalue weighted by Gasteiger charge is 2.25. The molecular weight excluding hydrogens is 194 g/mol. The van der Waals surface area contributed by atoms with Gasteiger partial charge < -0.3 is 0 Å². The van der Waals surface area contributed by atoms with Crippen molar-refractivity contribution in [2.45, 2.75) is 65.2 Å². The normalized spacial score (nSPS) is 12.9. The van der Waals surface area contributed by atoms with Gasteiger partial charge in [-0.15, -0.1) is 0 Å². The maximum absolute atomic E-state index is 4.86. The number of hydrogen-bond donors (Lipinski definition) is 0. The molecule has 1 heteroatoms. The molecule has 0 amide bonds. The standard InChI is InChI=1S/C15H25N/c1-7-15(6,8-2)13-11-9-10-12(16-13)14(3,4)5/h9-11H,7-8H2,1-6H3. The van der Waals surface area contributed by atoms with Crippen LogP contribution in [0.15, 0.2) is 18.2 Å². The van der Waals surface area contributed by atoms with Crippen LogP contribution in [0.2, 0.25) is 0 Å². The predicted molar refractivity (Wildman–Crippen MR) is 70.9 cm³/mol. The molecule has 0 aliphatic heterocycles. The fraction of sp³-hybridized carbons (Fsp3) is 0.667. The Bertz CT molecular complexity index is 343. The van der Waals surface area contributed by atoms with Crippen LogP contribution >= 0.6 is 0 Å². The summed E-state index contributed by atoms with van der Waals surface area (Å²) < 4.78 is 0. The van der Waals surface area contributed by atoms with Gasteiger partial charge in [0.25, 0.3) is 0 Å². The molecule has 1 rings (SSSR count). The molecule has 0 aliphatic rings. The molecule has 0 N–H and O–H groups in total. The molecule has 0 fully saturated rings. The van der Waals surface area contributed by atoms with E-state index in [1.807, 2.05) is 0 Å². The van der Waals surface area contributed by atoms with E-state index < -0.39 is 0 Å². The molecule has 0 saturated heterocycles. The average molecular weight is 219 g/mol. The van der Waals surface area contributed by atoms with Crippen molar-refractivity contribution in [2.24, 2.45) is 0 Å². The summed E-state index contributed by atoms with van der Waals surface area (Å²) in [4.78, 5) is 4.86. The highest BCUT2D eigenvalue weighted by Crippen LogP contribution is 2.31. The van der Waals surface area contributed by atoms with Crippen molar-refractivity contribution in [1.82, 2.24) is 4.98 Å². The first-order chi connectivity index (χ1) is 7.33. The fourth-order valence-corrected chi connectivity index (χ4v) is 1.80. The average Bonchev–Trinajstić information content (AvgIpc) is 2.27. The Labute approximate surface area is 100 Å². The molecule has 0 saturated carbocycles. The lowest BCUT2D eigenvalue weighted by Gasteiger charge is -2.28. The van der Waals surface area contributed by atoms with E-state index >= 15 is 0 Å². The molecule has 1 nitrogen and oxygen atoms in total. The van der Waals surface area contributed by atoms with E-state index in [0.29, 0.717) is 0 Å². The summed E-state index contributed by atoms with van der Waals surface area (Å²) in [5, 5.41) is 0. The van der Waals surface area contributed by atoms with Crippen LogP contribution in [-0.4, -0.2) is 4.98 Å². The van der Waals surface area contributed by atoms with Crippen LogP contribution in [0, 0.1) is 0 Å². The summed E-state index contributed by atoms with van der Waals surface area (Å²) in [6.45, 7) is 13.4. The number of hydrogen-bond acceptors (Lipinski definition) is 1. The van der Waals surface area contributed by atoms with E-state index in [9.17, 15) is 0 Å². The highest BCUT2D eigenvalue weighted by molar-refractivity contribution is 5.22. The van der Waals surface area contributed by atoms with Crippen LogP contribution in [0.5, 0.6) is 0 Å². The van der Waals surface area contributed by atoms with Gasteiger partial charge in [-0.2, -0.15) is 0 Å². The first-order valence-corrected chi connectivity index (χ1v) is 6.31. The lowest BCUT2D eigenvalue weighted by Crippen LogP contribution is -2.23. The lowest BCUT2D eigenvalue weighted by atomic mass is 9.80. The van der Waals surface area contributed by atoms with E-state index in [2.05, 4.69) is 59.7 Å². The summed E-state index contributed by atoms with van der Waals surface area (Å²) in [6, 6.07) is 6.45. The Hall–Kier alpha value is -0.850. The monoisotopic (exact) mass is 219 g/mol. The zero-order chi connectivity index (χ0) is 12.4. The maximum Gasteiger partial charge on any atom is 0.0465 e. The molecule has 1 heterocycles. The van der Waals surface area contributed by atoms with E-state index in [1.165, 1.54) is 11.4 Å². The summed E-state index contributed by atoms with van der Waals surface area (Å²) in [5.74, 6) is 0. The lowest BCUT2D eigenvalue weighted by molar-refractivity contribution is 0.420. The van der Waals surface area contributed by atoms with E-state index in [4.69, 9.17) is 4.98 Å². The van der Waals surface area contributed by atoms with Gasteiger partial charge in [-0.25, -0.2) is 0 Å². The molecule has 0 aromatic carbocycles. The van der Waals surface area contributed by atoms with Gasteiger partial charge in [0.05, 0.1) is 0 Å². The highest BCUT2D eigenvalue weighted by atomic mass is 14.8. The zero-order valence-corrected chi connectivity index (χ0v) is 11.6. The molecule has 16 heavy (non-hydrogen) atoms. The zero-order valence-electron chi connectivity index (χ0n) is 11.6. The van der Waals surface area contributed by atoms with E-state index in [-0.39, 0.29) is 10.8 Å². The van der Waals surface area contributed by atoms with Crippen molar-refractivity contribution in [3.8, 4) is 0 Å². The molecule has 0 spiro atoms. The molecule has 0 unspecified atom stereocenters. The summed E-state index contributed by atoms with van der Waals surface area (Å²) in [5.41, 5.74) is 2.79. The molecule has 0 radical (unpaired) electrons. The fourth-order valence-electron chi connectivity index (χ4n) is 1.80. The first-order valence-electron chi connectivity index (χ1n) is 6.31. The third-order valence-electron chi connectivity index (χ3n) is 3.70. The molecule has 1 aromatic rings. The number of nitrogens with zero attached hydrogens (tertiary/aromatic N) is 1. The third-order valence-corrected chi connectivity index (χ3v) is 3.70. The van der Waals surface area contributed by atoms with Crippen molar-refractivity contribution in [3.63, 3.8) is 0 Å². The third kappa shape index (κ3) is 2.63. The molecular formula is C15H25N. The van der Waals surface area contributed by atoms with Gasteiger partial charge >= 0.3 is 0 Å². The molecule has 90 valence electrons. The Morgan fingerprint density at radius 3 is 1.88 bits per heavy atom. The van der Waals surface area contributed by atoms with Crippen LogP contribution in [-0.2, 0) is 10.8 Å². The van der Waals surface area contributed by atoms with Crippen molar-refractivity contribution >= 4 is 0 Å². The Kier molecular flexibility index (Phi) is 3.77. The second kappa shape index (κ2) is 4.57. The van der Waals surface area contributed by atoms with E-state index in [1.54, 1.807) is 0 Å². The molecule has 1 aromatic heterocycles. The first kappa shape index (κ1) is 13.2. The minimum Gasteiger partial charge on any atom is -0.257 e. The van der Waals surface area contributed by atoms with Crippen LogP contribution < -0.4 is 0 Å². The topological polar surface area (TPSA) is 12.9 Å². The molecule has 0 atom stereocenters. The van der Waals surface area contributed by atoms with Crippen LogP contribution in [0.4, 0.5) is 0 Å². The largest absolute Gasteiger partial charge is 0.257 e. The minimum atomic E-state index is 0.137. The second-order valence-electron chi connectivity index (χ2n) is 5.93. The smallest absolute Gasteiger partial charge is 0.0465 e. The van der Waals surface area contributed by atoms with Crippen molar-refractivity contribution in [2.75, 3.05) is 0 Å². The summed E-state index contributed by atoms with van der Waals surface area (Å²) in [7, 11) is 0. The number of aromatic nitrogens is 1. The van der Waals surface area contributed by atoms with Gasteiger partial charge in [-0.05, 0) is 25.0 Å². The van der Waals surface area contributed by atoms with Gasteiger partial charge in [-0.3, -0.25) is 4.98 Å². The predicted octanol–water partition coefficient (Wildman–Crippen LogP) is 4.46. The SMILES string of the molecule is CCC(C)(CC)c1cccc(C(C)(C)C)n1. The van der Waals surface area contributed by atoms with Crippen molar-refractivity contribution in [1.29, 1.82) is 0 Å². The van der Waals surface area contributed by atoms with Crippen LogP contribution in [0.1, 0.15) is 65.8 Å². The van der Waals surface area contributed by atoms with Gasteiger partial charge in [0, 0.05) is 22.2 Å². The number of rotatable bonds is 3. The van der Waals surface area contributed by atoms with Crippen molar-refractivity contribution in [3.05, 3.63) is 29.6 Å². The van der Waals surface area contributed by atoms with Crippen molar-refractivity contribution < 1.29 is 0 Å². The molecule has 0 bridgehead atoms. The van der Waals surface area contributed by atoms with Crippen LogP contribution in [0.3, 0.4) is 0 Å². The van der Waals surface area contributed by atoms with Gasteiger partial charge in [0.15, 0.2) is 0 Å². The summed E-state index contributed by atoms with van der Waals surface area (Å²) >= 11 is 0. The second-order valence-corrected chi connectivity index (χ2v) is 5.93. The Balaban J connectivity index is 3.17. The minimum absolute atomic E-state index is 0.137. The quantitative estimate of drug-likeness (QED) is 0.731. The van der Waals surface area contributed by atoms with Crippen LogP contribution in [0.25, 0.3) is 0 Å². The van der Waals surface area contributed by atoms with Gasteiger partial charge in [0.1, 0.15) is 0 Å². The summed E-state index contributed by atoms with van der Waals surface area (Å²) in [6.07, 6.45) is 2.29. The maximum atomic E-state index is 4.86. The Morgan fingerprint density at radius 2 is 1.44 bits per heavy atom. The Morgan fingerprint density at radius 1 is 0.938 bits per heavy atom. The van der Waals surface area contributed by atoms with E-state index in [0.717, 1.165) is 12.8 Å². The van der Waals surface area contributed by atoms with Gasteiger partial charge in [0.2, 0.25) is 0 Å².